The minimum absolute atomic E-state index is 0.0629. The first kappa shape index (κ1) is 19.4. The van der Waals surface area contributed by atoms with Crippen molar-refractivity contribution < 1.29 is 13.9 Å². The molecule has 144 valence electrons. The van der Waals surface area contributed by atoms with Crippen LogP contribution in [-0.2, 0) is 13.0 Å². The smallest absolute Gasteiger partial charge is 0.291 e. The number of unbranched alkanes of at least 4 members (excludes halogenated alkanes) is 1. The van der Waals surface area contributed by atoms with Crippen molar-refractivity contribution in [1.82, 2.24) is 0 Å². The lowest BCUT2D eigenvalue weighted by molar-refractivity contribution is 0.0993. The van der Waals surface area contributed by atoms with Crippen LogP contribution in [0.25, 0.3) is 0 Å². The summed E-state index contributed by atoms with van der Waals surface area (Å²) >= 11 is 0. The molecule has 3 rings (SSSR count). The van der Waals surface area contributed by atoms with Gasteiger partial charge in [-0.25, -0.2) is 0 Å². The van der Waals surface area contributed by atoms with Crippen molar-refractivity contribution in [2.45, 2.75) is 32.8 Å². The van der Waals surface area contributed by atoms with Gasteiger partial charge in [0.05, 0.1) is 0 Å². The van der Waals surface area contributed by atoms with E-state index in [1.165, 1.54) is 11.8 Å². The van der Waals surface area contributed by atoms with Gasteiger partial charge in [-0.2, -0.15) is 0 Å². The van der Waals surface area contributed by atoms with E-state index in [2.05, 4.69) is 12.2 Å². The summed E-state index contributed by atoms with van der Waals surface area (Å²) in [6, 6.07) is 18.3. The topological polar surface area (TPSA) is 68.5 Å². The maximum atomic E-state index is 12.3. The molecule has 2 aromatic carbocycles. The molecule has 0 aliphatic carbocycles. The Morgan fingerprint density at radius 2 is 1.79 bits per heavy atom. The quantitative estimate of drug-likeness (QED) is 0.611. The summed E-state index contributed by atoms with van der Waals surface area (Å²) in [6.45, 7) is 2.40. The van der Waals surface area contributed by atoms with E-state index in [9.17, 15) is 9.59 Å². The molecule has 0 saturated carbocycles. The maximum absolute atomic E-state index is 12.3. The van der Waals surface area contributed by atoms with E-state index in [1.807, 2.05) is 54.6 Å². The van der Waals surface area contributed by atoms with E-state index in [1.54, 1.807) is 0 Å². The first-order valence-corrected chi connectivity index (χ1v) is 9.35. The number of aryl methyl sites for hydroxylation is 1. The summed E-state index contributed by atoms with van der Waals surface area (Å²) in [7, 11) is 0. The zero-order valence-corrected chi connectivity index (χ0v) is 15.8. The van der Waals surface area contributed by atoms with Crippen LogP contribution in [0.5, 0.6) is 5.75 Å². The van der Waals surface area contributed by atoms with Crippen molar-refractivity contribution in [2.75, 3.05) is 5.32 Å². The highest BCUT2D eigenvalue weighted by atomic mass is 16.5. The lowest BCUT2D eigenvalue weighted by Crippen LogP contribution is -2.15. The molecule has 5 nitrogen and oxygen atoms in total. The van der Waals surface area contributed by atoms with Crippen LogP contribution in [0.4, 0.5) is 5.69 Å². The average Bonchev–Trinajstić information content (AvgIpc) is 2.73. The Morgan fingerprint density at radius 3 is 2.46 bits per heavy atom. The van der Waals surface area contributed by atoms with Gasteiger partial charge in [0.15, 0.2) is 5.76 Å². The molecule has 0 aliphatic heterocycles. The van der Waals surface area contributed by atoms with Crippen LogP contribution in [0, 0.1) is 0 Å². The molecule has 5 heteroatoms. The molecular formula is C23H23NO4. The highest BCUT2D eigenvalue weighted by Gasteiger charge is 2.12. The molecule has 0 bridgehead atoms. The summed E-state index contributed by atoms with van der Waals surface area (Å²) in [6.07, 6.45) is 4.47. The van der Waals surface area contributed by atoms with Gasteiger partial charge >= 0.3 is 0 Å². The Labute approximate surface area is 164 Å². The van der Waals surface area contributed by atoms with Crippen molar-refractivity contribution in [2.24, 2.45) is 0 Å². The summed E-state index contributed by atoms with van der Waals surface area (Å²) in [4.78, 5) is 24.5. The fourth-order valence-electron chi connectivity index (χ4n) is 2.69. The molecule has 3 aromatic rings. The molecule has 0 radical (unpaired) electrons. The third kappa shape index (κ3) is 5.33. The minimum Gasteiger partial charge on any atom is -0.482 e. The number of hydrogen-bond donors (Lipinski definition) is 1. The standard InChI is InChI=1S/C23H23NO4/c1-2-3-7-17-10-12-19(13-11-17)24-23(26)21-14-20(25)22(16-28-21)27-15-18-8-5-4-6-9-18/h4-6,8-14,16H,2-3,7,15H2,1H3,(H,24,26). The maximum Gasteiger partial charge on any atom is 0.291 e. The molecule has 0 atom stereocenters. The highest BCUT2D eigenvalue weighted by molar-refractivity contribution is 6.02. The van der Waals surface area contributed by atoms with Gasteiger partial charge in [0.2, 0.25) is 11.2 Å². The number of nitrogens with one attached hydrogen (secondary N) is 1. The van der Waals surface area contributed by atoms with Crippen LogP contribution >= 0.6 is 0 Å². The number of hydrogen-bond acceptors (Lipinski definition) is 4. The van der Waals surface area contributed by atoms with Gasteiger partial charge in [-0.05, 0) is 36.1 Å². The summed E-state index contributed by atoms with van der Waals surface area (Å²) in [5.74, 6) is -0.471. The Kier molecular flexibility index (Phi) is 6.63. The van der Waals surface area contributed by atoms with Gasteiger partial charge in [0, 0.05) is 11.8 Å². The monoisotopic (exact) mass is 377 g/mol. The normalized spacial score (nSPS) is 10.5. The molecule has 1 heterocycles. The van der Waals surface area contributed by atoms with E-state index < -0.39 is 11.3 Å². The molecule has 28 heavy (non-hydrogen) atoms. The largest absolute Gasteiger partial charge is 0.482 e. The average molecular weight is 377 g/mol. The molecular weight excluding hydrogens is 354 g/mol. The zero-order valence-electron chi connectivity index (χ0n) is 15.8. The lowest BCUT2D eigenvalue weighted by Gasteiger charge is -2.07. The van der Waals surface area contributed by atoms with E-state index in [0.29, 0.717) is 5.69 Å². The molecule has 0 aliphatic rings. The number of amides is 1. The molecule has 1 aromatic heterocycles. The van der Waals surface area contributed by atoms with Gasteiger partial charge in [-0.15, -0.1) is 0 Å². The Morgan fingerprint density at radius 1 is 1.04 bits per heavy atom. The van der Waals surface area contributed by atoms with Crippen LogP contribution in [0.15, 0.2) is 76.1 Å². The van der Waals surface area contributed by atoms with Gasteiger partial charge in [0.25, 0.3) is 5.91 Å². The molecule has 1 N–H and O–H groups in total. The Balaban J connectivity index is 1.61. The van der Waals surface area contributed by atoms with E-state index in [0.717, 1.165) is 30.9 Å². The van der Waals surface area contributed by atoms with Crippen molar-refractivity contribution in [3.63, 3.8) is 0 Å². The van der Waals surface area contributed by atoms with Gasteiger partial charge < -0.3 is 14.5 Å². The van der Waals surface area contributed by atoms with Crippen LogP contribution in [0.3, 0.4) is 0 Å². The SMILES string of the molecule is CCCCc1ccc(NC(=O)c2cc(=O)c(OCc3ccccc3)co2)cc1. The molecule has 1 amide bonds. The number of ether oxygens (including phenoxy) is 1. The first-order valence-electron chi connectivity index (χ1n) is 9.35. The molecule has 0 unspecified atom stereocenters. The summed E-state index contributed by atoms with van der Waals surface area (Å²) in [5, 5.41) is 2.73. The second-order valence-corrected chi connectivity index (χ2v) is 6.50. The predicted molar refractivity (Wildman–Crippen MR) is 109 cm³/mol. The number of benzene rings is 2. The number of carbonyl (C=O) groups excluding carboxylic acids is 1. The van der Waals surface area contributed by atoms with Crippen molar-refractivity contribution in [1.29, 1.82) is 0 Å². The van der Waals surface area contributed by atoms with Crippen LogP contribution < -0.4 is 15.5 Å². The third-order valence-electron chi connectivity index (χ3n) is 4.29. The Hall–Kier alpha value is -3.34. The second-order valence-electron chi connectivity index (χ2n) is 6.50. The highest BCUT2D eigenvalue weighted by Crippen LogP contribution is 2.14. The van der Waals surface area contributed by atoms with E-state index in [-0.39, 0.29) is 18.1 Å². The van der Waals surface area contributed by atoms with Crippen LogP contribution in [0.2, 0.25) is 0 Å². The number of rotatable bonds is 8. The number of anilines is 1. The Bertz CT molecular complexity index is 962. The minimum atomic E-state index is -0.479. The second kappa shape index (κ2) is 9.55. The zero-order chi connectivity index (χ0) is 19.8. The summed E-state index contributed by atoms with van der Waals surface area (Å²) < 4.78 is 10.8. The van der Waals surface area contributed by atoms with Gasteiger partial charge in [-0.3, -0.25) is 9.59 Å². The van der Waals surface area contributed by atoms with Crippen molar-refractivity contribution >= 4 is 11.6 Å². The van der Waals surface area contributed by atoms with Crippen LogP contribution in [0.1, 0.15) is 41.4 Å². The van der Waals surface area contributed by atoms with Gasteiger partial charge in [-0.1, -0.05) is 55.8 Å². The van der Waals surface area contributed by atoms with Crippen molar-refractivity contribution in [3.05, 3.63) is 94.0 Å². The number of carbonyl (C=O) groups is 1. The fourth-order valence-corrected chi connectivity index (χ4v) is 2.69. The van der Waals surface area contributed by atoms with E-state index >= 15 is 0 Å². The predicted octanol–water partition coefficient (Wildman–Crippen LogP) is 4.81. The van der Waals surface area contributed by atoms with Crippen molar-refractivity contribution in [3.8, 4) is 5.75 Å². The molecule has 0 fully saturated rings. The first-order chi connectivity index (χ1) is 13.7. The van der Waals surface area contributed by atoms with Crippen LogP contribution in [-0.4, -0.2) is 5.91 Å². The lowest BCUT2D eigenvalue weighted by atomic mass is 10.1. The fraction of sp³-hybridized carbons (Fsp3) is 0.217. The van der Waals surface area contributed by atoms with E-state index in [4.69, 9.17) is 9.15 Å². The van der Waals surface area contributed by atoms with Gasteiger partial charge in [0.1, 0.15) is 12.9 Å². The molecule has 0 spiro atoms. The third-order valence-corrected chi connectivity index (χ3v) is 4.29. The summed E-state index contributed by atoms with van der Waals surface area (Å²) in [5.41, 5.74) is 2.41. The molecule has 0 saturated heterocycles.